The molecule has 0 aliphatic carbocycles. The first-order chi connectivity index (χ1) is 9.28. The average molecular weight is 287 g/mol. The number of thioether (sulfide) groups is 1. The minimum absolute atomic E-state index is 0.0905. The van der Waals surface area contributed by atoms with Gasteiger partial charge in [-0.2, -0.15) is 0 Å². The van der Waals surface area contributed by atoms with Crippen molar-refractivity contribution in [1.82, 2.24) is 0 Å². The van der Waals surface area contributed by atoms with Gasteiger partial charge in [-0.3, -0.25) is 0 Å². The van der Waals surface area contributed by atoms with Gasteiger partial charge in [0.2, 0.25) is 0 Å². The lowest BCUT2D eigenvalue weighted by Crippen LogP contribution is -1.84. The number of hydrogen-bond acceptors (Lipinski definition) is 2. The maximum absolute atomic E-state index is 8.95. The smallest absolute Gasteiger partial charge is 0.0740 e. The lowest BCUT2D eigenvalue weighted by molar-refractivity contribution is 0.339. The van der Waals surface area contributed by atoms with Crippen molar-refractivity contribution in [3.05, 3.63) is 46.8 Å². The predicted octanol–water partition coefficient (Wildman–Crippen LogP) is 6.34. The SMILES string of the molecule is C=C/C=C(\C=C/C)S/C(=C/C)CO.CC.CC.CC. The quantitative estimate of drug-likeness (QED) is 0.595. The Morgan fingerprint density at radius 2 is 1.53 bits per heavy atom. The summed E-state index contributed by atoms with van der Waals surface area (Å²) in [5.41, 5.74) is 0. The van der Waals surface area contributed by atoms with Crippen LogP contribution in [0.2, 0.25) is 0 Å². The normalized spacial score (nSPS) is 10.4. The highest BCUT2D eigenvalue weighted by molar-refractivity contribution is 8.06. The zero-order valence-electron chi connectivity index (χ0n) is 14.2. The molecule has 0 aromatic rings. The zero-order chi connectivity index (χ0) is 16.1. The summed E-state index contributed by atoms with van der Waals surface area (Å²) in [7, 11) is 0. The van der Waals surface area contributed by atoms with Crippen molar-refractivity contribution in [2.45, 2.75) is 55.4 Å². The first kappa shape index (κ1) is 26.8. The molecule has 1 N–H and O–H groups in total. The average Bonchev–Trinajstić information content (AvgIpc) is 2.51. The van der Waals surface area contributed by atoms with Crippen LogP contribution in [0.25, 0.3) is 0 Å². The van der Waals surface area contributed by atoms with E-state index in [9.17, 15) is 0 Å². The van der Waals surface area contributed by atoms with Gasteiger partial charge < -0.3 is 5.11 Å². The van der Waals surface area contributed by atoms with Crippen LogP contribution in [0.15, 0.2) is 46.8 Å². The fourth-order valence-corrected chi connectivity index (χ4v) is 1.59. The summed E-state index contributed by atoms with van der Waals surface area (Å²) in [5, 5.41) is 8.95. The van der Waals surface area contributed by atoms with Crippen LogP contribution in [0.1, 0.15) is 55.4 Å². The van der Waals surface area contributed by atoms with E-state index in [-0.39, 0.29) is 6.61 Å². The number of aliphatic hydroxyl groups excluding tert-OH is 1. The van der Waals surface area contributed by atoms with E-state index in [2.05, 4.69) is 6.58 Å². The number of aliphatic hydroxyl groups is 1. The van der Waals surface area contributed by atoms with Gasteiger partial charge in [-0.25, -0.2) is 0 Å². The second-order valence-electron chi connectivity index (χ2n) is 2.32. The molecule has 0 atom stereocenters. The Balaban J connectivity index is -0.000000163. The second kappa shape index (κ2) is 30.4. The van der Waals surface area contributed by atoms with Gasteiger partial charge in [0, 0.05) is 9.81 Å². The van der Waals surface area contributed by atoms with Gasteiger partial charge in [-0.1, -0.05) is 84.2 Å². The molecular formula is C17H34OS. The highest BCUT2D eigenvalue weighted by atomic mass is 32.2. The first-order valence-corrected chi connectivity index (χ1v) is 7.99. The summed E-state index contributed by atoms with van der Waals surface area (Å²) in [4.78, 5) is 2.03. The standard InChI is InChI=1S/C11H16OS.3C2H6/c1-4-7-11(8-5-2)13-10(6-3)9-12;3*1-2/h4-8,12H,1,9H2,2-3H3;3*1-2H3/b8-5-,10-6+,11-7+;;;. The molecule has 114 valence electrons. The van der Waals surface area contributed by atoms with E-state index in [0.29, 0.717) is 0 Å². The fourth-order valence-electron chi connectivity index (χ4n) is 0.738. The third-order valence-corrected chi connectivity index (χ3v) is 2.47. The summed E-state index contributed by atoms with van der Waals surface area (Å²) in [6, 6.07) is 0. The van der Waals surface area contributed by atoms with Crippen LogP contribution in [-0.2, 0) is 0 Å². The number of allylic oxidation sites excluding steroid dienone is 5. The van der Waals surface area contributed by atoms with Gasteiger partial charge in [-0.15, -0.1) is 0 Å². The van der Waals surface area contributed by atoms with Gasteiger partial charge in [0.25, 0.3) is 0 Å². The maximum atomic E-state index is 8.95. The Labute approximate surface area is 126 Å². The van der Waals surface area contributed by atoms with Crippen LogP contribution < -0.4 is 0 Å². The molecular weight excluding hydrogens is 252 g/mol. The van der Waals surface area contributed by atoms with Gasteiger partial charge in [-0.05, 0) is 19.9 Å². The van der Waals surface area contributed by atoms with Crippen molar-refractivity contribution in [1.29, 1.82) is 0 Å². The third-order valence-electron chi connectivity index (χ3n) is 1.34. The molecule has 0 saturated heterocycles. The molecule has 0 rings (SSSR count). The Bertz CT molecular complexity index is 238. The first-order valence-electron chi connectivity index (χ1n) is 7.17. The zero-order valence-corrected chi connectivity index (χ0v) is 15.0. The van der Waals surface area contributed by atoms with Gasteiger partial charge in [0.15, 0.2) is 0 Å². The van der Waals surface area contributed by atoms with E-state index < -0.39 is 0 Å². The Kier molecular flexibility index (Phi) is 42.8. The Morgan fingerprint density at radius 3 is 1.79 bits per heavy atom. The highest BCUT2D eigenvalue weighted by Gasteiger charge is 1.97. The Morgan fingerprint density at radius 1 is 1.05 bits per heavy atom. The van der Waals surface area contributed by atoms with E-state index in [4.69, 9.17) is 5.11 Å². The minimum atomic E-state index is 0.0905. The molecule has 0 heterocycles. The molecule has 0 bridgehead atoms. The van der Waals surface area contributed by atoms with Crippen LogP contribution in [-0.4, -0.2) is 11.7 Å². The third kappa shape index (κ3) is 22.9. The van der Waals surface area contributed by atoms with Crippen molar-refractivity contribution in [2.75, 3.05) is 6.61 Å². The van der Waals surface area contributed by atoms with E-state index in [1.54, 1.807) is 17.8 Å². The molecule has 0 aromatic carbocycles. The molecule has 0 amide bonds. The summed E-state index contributed by atoms with van der Waals surface area (Å²) in [5.74, 6) is 0. The molecule has 0 fully saturated rings. The van der Waals surface area contributed by atoms with Crippen LogP contribution >= 0.6 is 11.8 Å². The van der Waals surface area contributed by atoms with Crippen LogP contribution in [0.3, 0.4) is 0 Å². The molecule has 0 radical (unpaired) electrons. The van der Waals surface area contributed by atoms with E-state index in [0.717, 1.165) is 9.81 Å². The van der Waals surface area contributed by atoms with Crippen molar-refractivity contribution >= 4 is 11.8 Å². The summed E-state index contributed by atoms with van der Waals surface area (Å²) in [6.45, 7) is 19.6. The summed E-state index contributed by atoms with van der Waals surface area (Å²) < 4.78 is 0. The summed E-state index contributed by atoms with van der Waals surface area (Å²) >= 11 is 1.55. The lowest BCUT2D eigenvalue weighted by atomic mass is 10.4. The van der Waals surface area contributed by atoms with Crippen molar-refractivity contribution < 1.29 is 5.11 Å². The van der Waals surface area contributed by atoms with Crippen molar-refractivity contribution in [2.24, 2.45) is 0 Å². The molecule has 0 aliphatic heterocycles. The molecule has 1 nitrogen and oxygen atoms in total. The van der Waals surface area contributed by atoms with Crippen LogP contribution in [0, 0.1) is 0 Å². The van der Waals surface area contributed by atoms with Crippen molar-refractivity contribution in [3.63, 3.8) is 0 Å². The Hall–Kier alpha value is -0.730. The maximum Gasteiger partial charge on any atom is 0.0740 e. The topological polar surface area (TPSA) is 20.2 Å². The molecule has 0 aliphatic rings. The largest absolute Gasteiger partial charge is 0.391 e. The molecule has 0 spiro atoms. The van der Waals surface area contributed by atoms with Gasteiger partial charge >= 0.3 is 0 Å². The van der Waals surface area contributed by atoms with E-state index in [1.807, 2.05) is 79.7 Å². The molecule has 0 aromatic heterocycles. The number of rotatable bonds is 5. The summed E-state index contributed by atoms with van der Waals surface area (Å²) in [6.07, 6.45) is 9.53. The lowest BCUT2D eigenvalue weighted by Gasteiger charge is -2.02. The van der Waals surface area contributed by atoms with Crippen LogP contribution in [0.5, 0.6) is 0 Å². The van der Waals surface area contributed by atoms with Gasteiger partial charge in [0.05, 0.1) is 6.61 Å². The second-order valence-corrected chi connectivity index (χ2v) is 3.52. The van der Waals surface area contributed by atoms with Crippen molar-refractivity contribution in [3.8, 4) is 0 Å². The van der Waals surface area contributed by atoms with Gasteiger partial charge in [0.1, 0.15) is 0 Å². The minimum Gasteiger partial charge on any atom is -0.391 e. The highest BCUT2D eigenvalue weighted by Crippen LogP contribution is 2.25. The number of hydrogen-bond donors (Lipinski definition) is 1. The monoisotopic (exact) mass is 286 g/mol. The fraction of sp³-hybridized carbons (Fsp3) is 0.529. The van der Waals surface area contributed by atoms with E-state index >= 15 is 0 Å². The molecule has 19 heavy (non-hydrogen) atoms. The van der Waals surface area contributed by atoms with E-state index in [1.165, 1.54) is 0 Å². The molecule has 2 heteroatoms. The molecule has 0 saturated carbocycles. The predicted molar refractivity (Wildman–Crippen MR) is 95.6 cm³/mol. The van der Waals surface area contributed by atoms with Crippen LogP contribution in [0.4, 0.5) is 0 Å². The molecule has 0 unspecified atom stereocenters.